The molecule has 166 valence electrons. The van der Waals surface area contributed by atoms with Crippen molar-refractivity contribution in [1.82, 2.24) is 0 Å². The zero-order valence-corrected chi connectivity index (χ0v) is 18.9. The summed E-state index contributed by atoms with van der Waals surface area (Å²) in [7, 11) is 0. The number of rotatable bonds is 2. The van der Waals surface area contributed by atoms with Crippen molar-refractivity contribution in [2.75, 3.05) is 0 Å². The maximum absolute atomic E-state index is 9.29. The number of nitriles is 2. The normalized spacial score (nSPS) is 11.3. The molecule has 2 aromatic heterocycles. The molecule has 0 aliphatic rings. The number of benzene rings is 5. The Labute approximate surface area is 205 Å². The molecular formula is C32H16N2O2. The minimum absolute atomic E-state index is 0.632. The Balaban J connectivity index is 1.44. The number of furan rings is 2. The van der Waals surface area contributed by atoms with Crippen LogP contribution in [-0.4, -0.2) is 0 Å². The monoisotopic (exact) mass is 460 g/mol. The molecule has 7 rings (SSSR count). The molecule has 0 amide bonds. The van der Waals surface area contributed by atoms with Crippen LogP contribution in [0.5, 0.6) is 0 Å². The summed E-state index contributed by atoms with van der Waals surface area (Å²) in [6, 6.07) is 35.9. The molecule has 5 aromatic carbocycles. The van der Waals surface area contributed by atoms with Gasteiger partial charge in [0.05, 0.1) is 23.3 Å². The molecule has 0 saturated heterocycles. The van der Waals surface area contributed by atoms with Crippen molar-refractivity contribution in [3.63, 3.8) is 0 Å². The van der Waals surface area contributed by atoms with E-state index in [1.54, 1.807) is 12.1 Å². The van der Waals surface area contributed by atoms with E-state index in [-0.39, 0.29) is 0 Å². The second-order valence-corrected chi connectivity index (χ2v) is 8.86. The number of hydrogen-bond acceptors (Lipinski definition) is 4. The SMILES string of the molecule is N#Cc1cccc(-c2ccc3oc4cc5oc6ccc(-c7cccc(C#N)c7)cc6c5cc4c3c2)c1. The number of hydrogen-bond donors (Lipinski definition) is 0. The van der Waals surface area contributed by atoms with Gasteiger partial charge in [-0.2, -0.15) is 10.5 Å². The first-order valence-electron chi connectivity index (χ1n) is 11.5. The Morgan fingerprint density at radius 3 is 1.33 bits per heavy atom. The van der Waals surface area contributed by atoms with Gasteiger partial charge in [0, 0.05) is 27.6 Å². The Hall–Kier alpha value is -5.32. The fourth-order valence-corrected chi connectivity index (χ4v) is 4.94. The van der Waals surface area contributed by atoms with Crippen molar-refractivity contribution in [3.8, 4) is 34.4 Å². The standard InChI is InChI=1S/C32H16N2O2/c33-17-19-3-1-5-21(11-19)23-7-9-29-25(13-23)27-15-28-26-14-24(22-6-2-4-20(12-22)18-34)8-10-30(26)36-32(28)16-31(27)35-29/h1-16H. The summed E-state index contributed by atoms with van der Waals surface area (Å²) in [6.07, 6.45) is 0. The Morgan fingerprint density at radius 1 is 0.417 bits per heavy atom. The second-order valence-electron chi connectivity index (χ2n) is 8.86. The van der Waals surface area contributed by atoms with Crippen molar-refractivity contribution >= 4 is 43.9 Å². The summed E-state index contributed by atoms with van der Waals surface area (Å²) in [6.45, 7) is 0. The number of fused-ring (bicyclic) bond motifs is 6. The predicted octanol–water partition coefficient (Wildman–Crippen LogP) is 8.56. The lowest BCUT2D eigenvalue weighted by molar-refractivity contribution is 0.656. The van der Waals surface area contributed by atoms with Gasteiger partial charge in [-0.1, -0.05) is 36.4 Å². The molecule has 7 aromatic rings. The highest BCUT2D eigenvalue weighted by Gasteiger charge is 2.15. The van der Waals surface area contributed by atoms with Gasteiger partial charge in [-0.05, 0) is 76.9 Å². The van der Waals surface area contributed by atoms with E-state index in [1.165, 1.54) is 0 Å². The van der Waals surface area contributed by atoms with Crippen molar-refractivity contribution in [2.45, 2.75) is 0 Å². The van der Waals surface area contributed by atoms with Crippen molar-refractivity contribution in [3.05, 3.63) is 108 Å². The third-order valence-corrected chi connectivity index (χ3v) is 6.71. The van der Waals surface area contributed by atoms with Gasteiger partial charge in [0.2, 0.25) is 0 Å². The maximum Gasteiger partial charge on any atom is 0.139 e. The molecule has 0 aliphatic carbocycles. The third-order valence-electron chi connectivity index (χ3n) is 6.71. The molecule has 0 bridgehead atoms. The Kier molecular flexibility index (Phi) is 4.24. The first kappa shape index (κ1) is 20.1. The molecule has 4 heteroatoms. The highest BCUT2D eigenvalue weighted by molar-refractivity contribution is 6.16. The zero-order valence-electron chi connectivity index (χ0n) is 18.9. The Morgan fingerprint density at radius 2 is 0.861 bits per heavy atom. The summed E-state index contributed by atoms with van der Waals surface area (Å²) in [5.41, 5.74) is 8.43. The highest BCUT2D eigenvalue weighted by atomic mass is 16.3. The predicted molar refractivity (Wildman–Crippen MR) is 141 cm³/mol. The fourth-order valence-electron chi connectivity index (χ4n) is 4.94. The van der Waals surface area contributed by atoms with Crippen molar-refractivity contribution in [2.24, 2.45) is 0 Å². The van der Waals surface area contributed by atoms with E-state index < -0.39 is 0 Å². The van der Waals surface area contributed by atoms with Gasteiger partial charge in [-0.15, -0.1) is 0 Å². The van der Waals surface area contributed by atoms with E-state index in [9.17, 15) is 10.5 Å². The lowest BCUT2D eigenvalue weighted by atomic mass is 9.99. The van der Waals surface area contributed by atoms with Crippen molar-refractivity contribution < 1.29 is 8.83 Å². The molecule has 4 nitrogen and oxygen atoms in total. The van der Waals surface area contributed by atoms with E-state index in [0.29, 0.717) is 11.1 Å². The van der Waals surface area contributed by atoms with Crippen LogP contribution >= 0.6 is 0 Å². The molecule has 0 unspecified atom stereocenters. The summed E-state index contributed by atoms with van der Waals surface area (Å²) in [5, 5.41) is 22.6. The minimum atomic E-state index is 0.632. The van der Waals surface area contributed by atoms with Gasteiger partial charge in [0.15, 0.2) is 0 Å². The fraction of sp³-hybridized carbons (Fsp3) is 0. The first-order valence-corrected chi connectivity index (χ1v) is 11.5. The molecule has 0 radical (unpaired) electrons. The van der Waals surface area contributed by atoms with Gasteiger partial charge >= 0.3 is 0 Å². The molecule has 36 heavy (non-hydrogen) atoms. The smallest absolute Gasteiger partial charge is 0.139 e. The van der Waals surface area contributed by atoms with Crippen LogP contribution < -0.4 is 0 Å². The lowest BCUT2D eigenvalue weighted by Gasteiger charge is -2.03. The summed E-state index contributed by atoms with van der Waals surface area (Å²) < 4.78 is 12.3. The third kappa shape index (κ3) is 3.06. The van der Waals surface area contributed by atoms with Crippen LogP contribution in [-0.2, 0) is 0 Å². The number of nitrogens with zero attached hydrogens (tertiary/aromatic N) is 2. The highest BCUT2D eigenvalue weighted by Crippen LogP contribution is 2.39. The van der Waals surface area contributed by atoms with Crippen LogP contribution in [0.4, 0.5) is 0 Å². The van der Waals surface area contributed by atoms with Gasteiger partial charge in [0.25, 0.3) is 0 Å². The Bertz CT molecular complexity index is 1930. The van der Waals surface area contributed by atoms with Crippen molar-refractivity contribution in [1.29, 1.82) is 10.5 Å². The molecule has 0 aliphatic heterocycles. The van der Waals surface area contributed by atoms with Gasteiger partial charge < -0.3 is 8.83 Å². The van der Waals surface area contributed by atoms with Crippen LogP contribution in [0.1, 0.15) is 11.1 Å². The molecular weight excluding hydrogens is 444 g/mol. The molecule has 2 heterocycles. The van der Waals surface area contributed by atoms with E-state index >= 15 is 0 Å². The van der Waals surface area contributed by atoms with Crippen LogP contribution in [0.3, 0.4) is 0 Å². The average Bonchev–Trinajstić information content (AvgIpc) is 3.48. The first-order chi connectivity index (χ1) is 17.7. The molecule has 0 atom stereocenters. The van der Waals surface area contributed by atoms with E-state index in [1.807, 2.05) is 66.7 Å². The molecule has 0 fully saturated rings. The quantitative estimate of drug-likeness (QED) is 0.259. The lowest BCUT2D eigenvalue weighted by Crippen LogP contribution is -1.80. The molecule has 0 spiro atoms. The van der Waals surface area contributed by atoms with Crippen LogP contribution in [0, 0.1) is 22.7 Å². The van der Waals surface area contributed by atoms with Crippen LogP contribution in [0.25, 0.3) is 66.1 Å². The summed E-state index contributed by atoms with van der Waals surface area (Å²) >= 11 is 0. The van der Waals surface area contributed by atoms with Crippen LogP contribution in [0.15, 0.2) is 106 Å². The molecule has 0 N–H and O–H groups in total. The van der Waals surface area contributed by atoms with E-state index in [2.05, 4.69) is 30.3 Å². The summed E-state index contributed by atoms with van der Waals surface area (Å²) in [4.78, 5) is 0. The molecule has 0 saturated carbocycles. The topological polar surface area (TPSA) is 73.9 Å². The van der Waals surface area contributed by atoms with Gasteiger partial charge in [-0.3, -0.25) is 0 Å². The maximum atomic E-state index is 9.29. The zero-order chi connectivity index (χ0) is 24.2. The van der Waals surface area contributed by atoms with Gasteiger partial charge in [0.1, 0.15) is 22.3 Å². The van der Waals surface area contributed by atoms with E-state index in [4.69, 9.17) is 8.83 Å². The van der Waals surface area contributed by atoms with Gasteiger partial charge in [-0.25, -0.2) is 0 Å². The minimum Gasteiger partial charge on any atom is -0.456 e. The second kappa shape index (κ2) is 7.60. The van der Waals surface area contributed by atoms with Crippen LogP contribution in [0.2, 0.25) is 0 Å². The summed E-state index contributed by atoms with van der Waals surface area (Å²) in [5.74, 6) is 0. The largest absolute Gasteiger partial charge is 0.456 e. The van der Waals surface area contributed by atoms with E-state index in [0.717, 1.165) is 66.1 Å². The average molecular weight is 460 g/mol.